The smallest absolute Gasteiger partial charge is 0.0780 e. The molecule has 0 N–H and O–H groups in total. The van der Waals surface area contributed by atoms with Gasteiger partial charge in [0.05, 0.1) is 17.5 Å². The average molecular weight is 439 g/mol. The van der Waals surface area contributed by atoms with E-state index in [2.05, 4.69) is 55.2 Å². The topological polar surface area (TPSA) is 53.8 Å². The summed E-state index contributed by atoms with van der Waals surface area (Å²) in [5.41, 5.74) is 6.48. The van der Waals surface area contributed by atoms with E-state index in [0.717, 1.165) is 38.1 Å². The second-order valence-electron chi connectivity index (χ2n) is 8.41. The van der Waals surface area contributed by atoms with Crippen LogP contribution in [0, 0.1) is 11.3 Å². The van der Waals surface area contributed by atoms with Gasteiger partial charge in [-0.2, -0.15) is 5.26 Å². The standard InChI is InChI=1S/C28H26N2OS/c1-19(2)24-16-23-8-5-13-30-28(23)27(17-24)22-7-4-6-21(15-22)25(18-29)14-20-9-11-26(12-10-20)32(3)31/h4-13,15-17,19,25H,14H2,1-3H3. The summed E-state index contributed by atoms with van der Waals surface area (Å²) in [6, 6.07) is 26.9. The van der Waals surface area contributed by atoms with Crippen LogP contribution in [-0.4, -0.2) is 15.4 Å². The highest BCUT2D eigenvalue weighted by atomic mass is 32.2. The Bertz CT molecular complexity index is 1320. The third kappa shape index (κ3) is 4.64. The minimum atomic E-state index is -1.00. The Labute approximate surface area is 192 Å². The van der Waals surface area contributed by atoms with Crippen molar-refractivity contribution < 1.29 is 4.21 Å². The fourth-order valence-electron chi connectivity index (χ4n) is 3.98. The molecule has 1 heterocycles. The first kappa shape index (κ1) is 21.9. The maximum Gasteiger partial charge on any atom is 0.0780 e. The molecule has 4 heteroatoms. The number of nitrogens with zero attached hydrogens (tertiary/aromatic N) is 2. The Balaban J connectivity index is 1.72. The van der Waals surface area contributed by atoms with Crippen molar-refractivity contribution in [2.45, 2.75) is 37.0 Å². The Kier molecular flexibility index (Phi) is 6.48. The highest BCUT2D eigenvalue weighted by Crippen LogP contribution is 2.33. The largest absolute Gasteiger partial charge is 0.256 e. The first-order valence-electron chi connectivity index (χ1n) is 10.8. The van der Waals surface area contributed by atoms with Crippen LogP contribution >= 0.6 is 0 Å². The Morgan fingerprint density at radius 2 is 1.75 bits per heavy atom. The van der Waals surface area contributed by atoms with Gasteiger partial charge in [0, 0.05) is 39.1 Å². The molecule has 4 aromatic rings. The van der Waals surface area contributed by atoms with Crippen molar-refractivity contribution in [3.8, 4) is 17.2 Å². The summed E-state index contributed by atoms with van der Waals surface area (Å²) >= 11 is 0. The molecule has 3 aromatic carbocycles. The fourth-order valence-corrected chi connectivity index (χ4v) is 4.50. The van der Waals surface area contributed by atoms with E-state index in [9.17, 15) is 9.47 Å². The molecule has 0 bridgehead atoms. The van der Waals surface area contributed by atoms with Crippen molar-refractivity contribution in [2.24, 2.45) is 0 Å². The molecule has 3 nitrogen and oxygen atoms in total. The van der Waals surface area contributed by atoms with Crippen LogP contribution in [0.25, 0.3) is 22.0 Å². The minimum Gasteiger partial charge on any atom is -0.256 e. The van der Waals surface area contributed by atoms with Crippen molar-refractivity contribution in [1.82, 2.24) is 4.98 Å². The summed E-state index contributed by atoms with van der Waals surface area (Å²) in [4.78, 5) is 5.45. The van der Waals surface area contributed by atoms with Crippen LogP contribution in [0.2, 0.25) is 0 Å². The quantitative estimate of drug-likeness (QED) is 0.340. The van der Waals surface area contributed by atoms with E-state index in [1.54, 1.807) is 6.26 Å². The second-order valence-corrected chi connectivity index (χ2v) is 9.79. The van der Waals surface area contributed by atoms with Crippen LogP contribution in [-0.2, 0) is 17.2 Å². The highest BCUT2D eigenvalue weighted by molar-refractivity contribution is 7.84. The van der Waals surface area contributed by atoms with Gasteiger partial charge in [-0.05, 0) is 71.0 Å². The van der Waals surface area contributed by atoms with E-state index in [-0.39, 0.29) is 5.92 Å². The Hall–Kier alpha value is -3.29. The summed E-state index contributed by atoms with van der Waals surface area (Å²) in [6.07, 6.45) is 4.11. The van der Waals surface area contributed by atoms with Gasteiger partial charge in [0.2, 0.25) is 0 Å². The number of aromatic nitrogens is 1. The summed E-state index contributed by atoms with van der Waals surface area (Å²) < 4.78 is 11.6. The Morgan fingerprint density at radius 1 is 0.969 bits per heavy atom. The van der Waals surface area contributed by atoms with Crippen molar-refractivity contribution in [1.29, 1.82) is 5.26 Å². The predicted molar refractivity (Wildman–Crippen MR) is 132 cm³/mol. The maximum atomic E-state index is 11.6. The second kappa shape index (κ2) is 9.46. The predicted octanol–water partition coefficient (Wildman–Crippen LogP) is 6.61. The maximum absolute atomic E-state index is 11.6. The molecule has 0 spiro atoms. The van der Waals surface area contributed by atoms with Gasteiger partial charge in [0.15, 0.2) is 0 Å². The number of hydrogen-bond donors (Lipinski definition) is 0. The summed E-state index contributed by atoms with van der Waals surface area (Å²) in [5, 5.41) is 11.1. The van der Waals surface area contributed by atoms with Gasteiger partial charge >= 0.3 is 0 Å². The molecular weight excluding hydrogens is 412 g/mol. The van der Waals surface area contributed by atoms with Crippen LogP contribution in [0.15, 0.2) is 83.9 Å². The van der Waals surface area contributed by atoms with Gasteiger partial charge in [0.1, 0.15) is 0 Å². The molecule has 0 radical (unpaired) electrons. The molecule has 0 aliphatic heterocycles. The van der Waals surface area contributed by atoms with E-state index in [0.29, 0.717) is 12.3 Å². The van der Waals surface area contributed by atoms with E-state index >= 15 is 0 Å². The molecule has 2 unspecified atom stereocenters. The summed E-state index contributed by atoms with van der Waals surface area (Å²) in [7, 11) is -1.00. The molecule has 2 atom stereocenters. The lowest BCUT2D eigenvalue weighted by atomic mass is 9.89. The van der Waals surface area contributed by atoms with E-state index < -0.39 is 10.8 Å². The van der Waals surface area contributed by atoms with Gasteiger partial charge in [0.25, 0.3) is 0 Å². The third-order valence-corrected chi connectivity index (χ3v) is 6.78. The zero-order chi connectivity index (χ0) is 22.7. The van der Waals surface area contributed by atoms with Crippen LogP contribution in [0.5, 0.6) is 0 Å². The molecule has 0 saturated carbocycles. The molecule has 0 saturated heterocycles. The van der Waals surface area contributed by atoms with E-state index in [1.165, 1.54) is 5.56 Å². The number of fused-ring (bicyclic) bond motifs is 1. The third-order valence-electron chi connectivity index (χ3n) is 5.84. The van der Waals surface area contributed by atoms with Crippen LogP contribution < -0.4 is 0 Å². The molecule has 0 amide bonds. The molecule has 160 valence electrons. The van der Waals surface area contributed by atoms with Gasteiger partial charge in [-0.25, -0.2) is 0 Å². The lowest BCUT2D eigenvalue weighted by Crippen LogP contribution is -2.01. The number of benzene rings is 3. The lowest BCUT2D eigenvalue weighted by Gasteiger charge is -2.15. The highest BCUT2D eigenvalue weighted by Gasteiger charge is 2.15. The first-order valence-corrected chi connectivity index (χ1v) is 12.3. The van der Waals surface area contributed by atoms with Gasteiger partial charge in [-0.1, -0.05) is 50.2 Å². The summed E-state index contributed by atoms with van der Waals surface area (Å²) in [6.45, 7) is 4.39. The molecule has 32 heavy (non-hydrogen) atoms. The molecule has 0 aliphatic carbocycles. The molecule has 1 aromatic heterocycles. The van der Waals surface area contributed by atoms with Crippen molar-refractivity contribution in [3.05, 3.63) is 95.7 Å². The normalized spacial score (nSPS) is 13.1. The average Bonchev–Trinajstić information content (AvgIpc) is 2.82. The minimum absolute atomic E-state index is 0.263. The van der Waals surface area contributed by atoms with Crippen molar-refractivity contribution in [2.75, 3.05) is 6.26 Å². The number of hydrogen-bond acceptors (Lipinski definition) is 3. The zero-order valence-electron chi connectivity index (χ0n) is 18.6. The summed E-state index contributed by atoms with van der Waals surface area (Å²) in [5.74, 6) is 0.147. The molecular formula is C28H26N2OS. The molecule has 0 fully saturated rings. The van der Waals surface area contributed by atoms with Crippen molar-refractivity contribution >= 4 is 21.7 Å². The van der Waals surface area contributed by atoms with E-state index in [1.807, 2.05) is 48.7 Å². The van der Waals surface area contributed by atoms with Gasteiger partial charge in [-0.3, -0.25) is 9.19 Å². The van der Waals surface area contributed by atoms with Crippen LogP contribution in [0.4, 0.5) is 0 Å². The number of rotatable bonds is 6. The molecule has 4 rings (SSSR count). The molecule has 0 aliphatic rings. The van der Waals surface area contributed by atoms with Crippen LogP contribution in [0.3, 0.4) is 0 Å². The zero-order valence-corrected chi connectivity index (χ0v) is 19.4. The lowest BCUT2D eigenvalue weighted by molar-refractivity contribution is 0.686. The fraction of sp³-hybridized carbons (Fsp3) is 0.214. The Morgan fingerprint density at radius 3 is 2.44 bits per heavy atom. The SMILES string of the molecule is CC(C)c1cc(-c2cccc(C(C#N)Cc3ccc(S(C)=O)cc3)c2)c2ncccc2c1. The van der Waals surface area contributed by atoms with Crippen molar-refractivity contribution in [3.63, 3.8) is 0 Å². The van der Waals surface area contributed by atoms with E-state index in [4.69, 9.17) is 0 Å². The first-order chi connectivity index (χ1) is 15.5. The van der Waals surface area contributed by atoms with Gasteiger partial charge in [-0.15, -0.1) is 0 Å². The number of pyridine rings is 1. The van der Waals surface area contributed by atoms with Gasteiger partial charge < -0.3 is 0 Å². The monoisotopic (exact) mass is 438 g/mol. The number of nitriles is 1. The van der Waals surface area contributed by atoms with Crippen LogP contribution in [0.1, 0.15) is 42.4 Å².